The topological polar surface area (TPSA) is 83.9 Å². The van der Waals surface area contributed by atoms with E-state index < -0.39 is 23.7 Å². The molecule has 1 N–H and O–H groups in total. The van der Waals surface area contributed by atoms with Gasteiger partial charge in [0.25, 0.3) is 11.1 Å². The third-order valence-electron chi connectivity index (χ3n) is 4.51. The number of phenols is 1. The van der Waals surface area contributed by atoms with Crippen molar-refractivity contribution >= 4 is 35.0 Å². The molecule has 7 heteroatoms. The van der Waals surface area contributed by atoms with Crippen molar-refractivity contribution in [3.63, 3.8) is 0 Å². The maximum atomic E-state index is 12.6. The lowest BCUT2D eigenvalue weighted by atomic mass is 9.78. The molecular formula is C22H29NO5S. The maximum Gasteiger partial charge on any atom is 0.326 e. The summed E-state index contributed by atoms with van der Waals surface area (Å²) in [5.74, 6) is -0.890. The van der Waals surface area contributed by atoms with Gasteiger partial charge in [0.15, 0.2) is 0 Å². The molecule has 0 bridgehead atoms. The highest BCUT2D eigenvalue weighted by Crippen LogP contribution is 2.41. The molecule has 158 valence electrons. The summed E-state index contributed by atoms with van der Waals surface area (Å²) in [4.78, 5) is 37.7. The number of nitrogens with zero attached hydrogens (tertiary/aromatic N) is 1. The second-order valence-electron chi connectivity index (χ2n) is 9.04. The first-order valence-electron chi connectivity index (χ1n) is 9.54. The monoisotopic (exact) mass is 419 g/mol. The van der Waals surface area contributed by atoms with Crippen LogP contribution in [0.15, 0.2) is 17.0 Å². The Hall–Kier alpha value is -2.28. The van der Waals surface area contributed by atoms with Crippen LogP contribution in [0.2, 0.25) is 0 Å². The summed E-state index contributed by atoms with van der Waals surface area (Å²) in [6, 6.07) is 3.67. The Labute approximate surface area is 176 Å². The van der Waals surface area contributed by atoms with Gasteiger partial charge in [-0.1, -0.05) is 41.5 Å². The number of carbonyl (C=O) groups excluding carboxylic acids is 3. The highest BCUT2D eigenvalue weighted by Gasteiger charge is 2.37. The van der Waals surface area contributed by atoms with E-state index in [0.29, 0.717) is 0 Å². The number of esters is 1. The molecule has 1 heterocycles. The van der Waals surface area contributed by atoms with Crippen molar-refractivity contribution in [3.05, 3.63) is 33.7 Å². The number of imide groups is 1. The van der Waals surface area contributed by atoms with Crippen LogP contribution in [0.4, 0.5) is 4.79 Å². The lowest BCUT2D eigenvalue weighted by Crippen LogP contribution is -2.34. The van der Waals surface area contributed by atoms with Crippen LogP contribution in [-0.4, -0.2) is 40.3 Å². The van der Waals surface area contributed by atoms with Crippen LogP contribution >= 0.6 is 11.8 Å². The molecule has 2 rings (SSSR count). The van der Waals surface area contributed by atoms with Gasteiger partial charge >= 0.3 is 5.97 Å². The van der Waals surface area contributed by atoms with E-state index in [1.54, 1.807) is 13.0 Å². The van der Waals surface area contributed by atoms with Crippen LogP contribution in [-0.2, 0) is 25.2 Å². The molecule has 1 aliphatic rings. The predicted octanol–water partition coefficient (Wildman–Crippen LogP) is 4.59. The fourth-order valence-electron chi connectivity index (χ4n) is 3.01. The molecule has 0 spiro atoms. The van der Waals surface area contributed by atoms with Gasteiger partial charge in [-0.3, -0.25) is 19.3 Å². The molecule has 1 aliphatic heterocycles. The average molecular weight is 420 g/mol. The van der Waals surface area contributed by atoms with Gasteiger partial charge < -0.3 is 9.84 Å². The summed E-state index contributed by atoms with van der Waals surface area (Å²) in [7, 11) is 0. The van der Waals surface area contributed by atoms with Crippen molar-refractivity contribution in [2.45, 2.75) is 59.3 Å². The Morgan fingerprint density at radius 1 is 1.10 bits per heavy atom. The molecule has 1 aromatic carbocycles. The second-order valence-corrected chi connectivity index (χ2v) is 10.0. The van der Waals surface area contributed by atoms with E-state index in [2.05, 4.69) is 0 Å². The van der Waals surface area contributed by atoms with Gasteiger partial charge in [0.05, 0.1) is 11.5 Å². The molecule has 0 unspecified atom stereocenters. The molecule has 29 heavy (non-hydrogen) atoms. The van der Waals surface area contributed by atoms with Crippen molar-refractivity contribution < 1.29 is 24.2 Å². The minimum absolute atomic E-state index is 0.184. The van der Waals surface area contributed by atoms with Gasteiger partial charge in [-0.15, -0.1) is 0 Å². The van der Waals surface area contributed by atoms with Gasteiger partial charge in [-0.25, -0.2) is 0 Å². The summed E-state index contributed by atoms with van der Waals surface area (Å²) in [5.41, 5.74) is 1.64. The number of benzene rings is 1. The highest BCUT2D eigenvalue weighted by molar-refractivity contribution is 8.18. The summed E-state index contributed by atoms with van der Waals surface area (Å²) < 4.78 is 4.83. The van der Waals surface area contributed by atoms with E-state index in [9.17, 15) is 19.5 Å². The lowest BCUT2D eigenvalue weighted by Gasteiger charge is -2.28. The van der Waals surface area contributed by atoms with Crippen LogP contribution in [0.1, 0.15) is 65.2 Å². The van der Waals surface area contributed by atoms with Gasteiger partial charge in [0.1, 0.15) is 12.3 Å². The van der Waals surface area contributed by atoms with Crippen molar-refractivity contribution in [3.8, 4) is 5.75 Å². The average Bonchev–Trinajstić information content (AvgIpc) is 2.82. The van der Waals surface area contributed by atoms with E-state index in [0.717, 1.165) is 33.4 Å². The van der Waals surface area contributed by atoms with Gasteiger partial charge in [0.2, 0.25) is 0 Å². The SMILES string of the molecule is CCOC(=O)CN1C(=O)SC(=Cc2cc(C(C)(C)C)c(O)c(C(C)(C)C)c2)C1=O. The molecule has 0 saturated carbocycles. The zero-order chi connectivity index (χ0) is 22.1. The summed E-state index contributed by atoms with van der Waals surface area (Å²) in [6.07, 6.45) is 1.64. The van der Waals surface area contributed by atoms with Gasteiger partial charge in [-0.2, -0.15) is 0 Å². The molecule has 1 aromatic rings. The number of thioether (sulfide) groups is 1. The number of hydrogen-bond acceptors (Lipinski definition) is 6. The van der Waals surface area contributed by atoms with Crippen LogP contribution in [0.25, 0.3) is 6.08 Å². The first-order valence-corrected chi connectivity index (χ1v) is 10.4. The molecule has 0 aromatic heterocycles. The third kappa shape index (κ3) is 5.21. The quantitative estimate of drug-likeness (QED) is 0.568. The molecule has 0 atom stereocenters. The lowest BCUT2D eigenvalue weighted by molar-refractivity contribution is -0.145. The third-order valence-corrected chi connectivity index (χ3v) is 5.42. The molecular weight excluding hydrogens is 390 g/mol. The summed E-state index contributed by atoms with van der Waals surface area (Å²) in [6.45, 7) is 13.5. The number of carbonyl (C=O) groups is 3. The fourth-order valence-corrected chi connectivity index (χ4v) is 3.85. The Kier molecular flexibility index (Phi) is 6.52. The Balaban J connectivity index is 2.47. The number of aromatic hydroxyl groups is 1. The Morgan fingerprint density at radius 2 is 1.62 bits per heavy atom. The standard InChI is InChI=1S/C22H29NO5S/c1-8-28-17(24)12-23-19(26)16(29-20(23)27)11-13-9-14(21(2,3)4)18(25)15(10-13)22(5,6)7/h9-11,25H,8,12H2,1-7H3. The predicted molar refractivity (Wildman–Crippen MR) is 115 cm³/mol. The number of rotatable bonds is 4. The van der Waals surface area contributed by atoms with Crippen LogP contribution in [0.5, 0.6) is 5.75 Å². The minimum Gasteiger partial charge on any atom is -0.507 e. The molecule has 1 fully saturated rings. The van der Waals surface area contributed by atoms with Crippen molar-refractivity contribution in [1.29, 1.82) is 0 Å². The smallest absolute Gasteiger partial charge is 0.326 e. The van der Waals surface area contributed by atoms with Crippen molar-refractivity contribution in [2.24, 2.45) is 0 Å². The van der Waals surface area contributed by atoms with E-state index in [1.807, 2.05) is 53.7 Å². The highest BCUT2D eigenvalue weighted by atomic mass is 32.2. The number of amides is 2. The van der Waals surface area contributed by atoms with E-state index in [4.69, 9.17) is 4.74 Å². The minimum atomic E-state index is -0.620. The fraction of sp³-hybridized carbons (Fsp3) is 0.500. The van der Waals surface area contributed by atoms with Crippen LogP contribution in [0, 0.1) is 0 Å². The second kappa shape index (κ2) is 8.22. The van der Waals surface area contributed by atoms with Crippen LogP contribution in [0.3, 0.4) is 0 Å². The zero-order valence-electron chi connectivity index (χ0n) is 18.1. The van der Waals surface area contributed by atoms with Gasteiger partial charge in [-0.05, 0) is 53.3 Å². The first-order chi connectivity index (χ1) is 13.3. The maximum absolute atomic E-state index is 12.6. The molecule has 6 nitrogen and oxygen atoms in total. The Morgan fingerprint density at radius 3 is 2.07 bits per heavy atom. The molecule has 0 aliphatic carbocycles. The molecule has 2 amide bonds. The first kappa shape index (κ1) is 23.0. The van der Waals surface area contributed by atoms with Crippen LogP contribution < -0.4 is 0 Å². The largest absolute Gasteiger partial charge is 0.507 e. The van der Waals surface area contributed by atoms with E-state index in [-0.39, 0.29) is 28.1 Å². The normalized spacial score (nSPS) is 16.7. The number of hydrogen-bond donors (Lipinski definition) is 1. The van der Waals surface area contributed by atoms with Crippen molar-refractivity contribution in [2.75, 3.05) is 13.2 Å². The number of phenolic OH excluding ortho intramolecular Hbond substituents is 1. The van der Waals surface area contributed by atoms with Gasteiger partial charge in [0, 0.05) is 11.1 Å². The van der Waals surface area contributed by atoms with Crippen molar-refractivity contribution in [1.82, 2.24) is 4.90 Å². The Bertz CT molecular complexity index is 839. The van der Waals surface area contributed by atoms with E-state index in [1.165, 1.54) is 0 Å². The summed E-state index contributed by atoms with van der Waals surface area (Å²) in [5, 5.41) is 10.3. The molecule has 1 saturated heterocycles. The molecule has 0 radical (unpaired) electrons. The number of ether oxygens (including phenoxy) is 1. The van der Waals surface area contributed by atoms with E-state index >= 15 is 0 Å². The zero-order valence-corrected chi connectivity index (χ0v) is 18.9. The summed E-state index contributed by atoms with van der Waals surface area (Å²) >= 11 is 0.796.